The summed E-state index contributed by atoms with van der Waals surface area (Å²) in [4.78, 5) is 17.9. The number of aromatic carboxylic acids is 1. The van der Waals surface area contributed by atoms with E-state index in [-0.39, 0.29) is 34.9 Å². The molecule has 0 unspecified atom stereocenters. The van der Waals surface area contributed by atoms with E-state index in [9.17, 15) is 19.9 Å². The number of fused-ring (bicyclic) bond motifs is 3. The molecule has 3 N–H and O–H groups in total. The molecular weight excluding hydrogens is 355 g/mol. The van der Waals surface area contributed by atoms with Gasteiger partial charge >= 0.3 is 6.75 Å². The number of carboxylic acids is 1. The summed E-state index contributed by atoms with van der Waals surface area (Å²) >= 11 is 0. The van der Waals surface area contributed by atoms with Crippen LogP contribution in [0.25, 0.3) is 0 Å². The number of carboxylic acid groups (broad SMARTS) is 1. The molecule has 142 valence electrons. The number of hydrogen-bond acceptors (Lipinski definition) is 9. The summed E-state index contributed by atoms with van der Waals surface area (Å²) in [7, 11) is 0. The highest BCUT2D eigenvalue weighted by Gasteiger charge is 2.55. The smallest absolute Gasteiger partial charge is 0.434 e. The number of ether oxygens (including phenoxy) is 1. The Bertz CT molecular complexity index is 899. The lowest BCUT2D eigenvalue weighted by atomic mass is 9.68. The Morgan fingerprint density at radius 1 is 1.44 bits per heavy atom. The summed E-state index contributed by atoms with van der Waals surface area (Å²) in [5.74, 6) is -1.13. The number of H-pyrrole nitrogens is 1. The van der Waals surface area contributed by atoms with Gasteiger partial charge in [0.1, 0.15) is 24.0 Å². The molecule has 1 aliphatic carbocycles. The minimum atomic E-state index is -3.07. The van der Waals surface area contributed by atoms with Gasteiger partial charge in [-0.3, -0.25) is 10.00 Å². The van der Waals surface area contributed by atoms with Gasteiger partial charge in [0.15, 0.2) is 0 Å². The number of nitrogens with one attached hydrogen (secondary N) is 1. The Morgan fingerprint density at radius 3 is 2.96 bits per heavy atom. The van der Waals surface area contributed by atoms with Crippen molar-refractivity contribution in [2.24, 2.45) is 0 Å². The van der Waals surface area contributed by atoms with Gasteiger partial charge < -0.3 is 29.3 Å². The van der Waals surface area contributed by atoms with Gasteiger partial charge in [-0.2, -0.15) is 5.10 Å². The summed E-state index contributed by atoms with van der Waals surface area (Å²) in [6, 6.07) is 3.33. The molecule has 5 rings (SSSR count). The molecule has 1 aromatic heterocycles. The van der Waals surface area contributed by atoms with Crippen LogP contribution in [0.1, 0.15) is 34.1 Å². The Labute approximate surface area is 153 Å². The van der Waals surface area contributed by atoms with Crippen molar-refractivity contribution in [3.05, 3.63) is 35.4 Å². The maximum atomic E-state index is 11.7. The first kappa shape index (κ1) is 16.5. The molecule has 0 radical (unpaired) electrons. The number of rotatable bonds is 5. The third kappa shape index (κ3) is 2.74. The Morgan fingerprint density at radius 2 is 2.26 bits per heavy atom. The first-order valence-corrected chi connectivity index (χ1v) is 8.82. The molecule has 3 heterocycles. The zero-order valence-electron chi connectivity index (χ0n) is 14.2. The second-order valence-electron chi connectivity index (χ2n) is 7.40. The number of likely N-dealkylation sites (tertiary alicyclic amines) is 1. The van der Waals surface area contributed by atoms with Crippen molar-refractivity contribution in [2.75, 3.05) is 13.1 Å². The molecule has 1 saturated heterocycles. The molecule has 11 heteroatoms. The van der Waals surface area contributed by atoms with Crippen LogP contribution in [0.2, 0.25) is 5.82 Å². The van der Waals surface area contributed by atoms with Crippen LogP contribution in [0, 0.1) is 0 Å². The van der Waals surface area contributed by atoms with E-state index in [2.05, 4.69) is 20.1 Å². The monoisotopic (exact) mass is 372 g/mol. The van der Waals surface area contributed by atoms with E-state index in [0.717, 1.165) is 5.82 Å². The Kier molecular flexibility index (Phi) is 3.48. The molecule has 2 aliphatic heterocycles. The highest BCUT2D eigenvalue weighted by molar-refractivity contribution is 6.62. The number of benzene rings is 1. The number of nitrogens with zero attached hydrogens (tertiary/aromatic N) is 3. The van der Waals surface area contributed by atoms with Gasteiger partial charge in [-0.05, 0) is 17.5 Å². The van der Waals surface area contributed by atoms with E-state index >= 15 is 0 Å². The average Bonchev–Trinajstić information content (AvgIpc) is 3.23. The van der Waals surface area contributed by atoms with Gasteiger partial charge in [0.25, 0.3) is 0 Å². The molecule has 10 nitrogen and oxygen atoms in total. The van der Waals surface area contributed by atoms with Crippen LogP contribution in [0.15, 0.2) is 18.5 Å². The van der Waals surface area contributed by atoms with Crippen LogP contribution in [0.4, 0.5) is 0 Å². The second kappa shape index (κ2) is 5.68. The van der Waals surface area contributed by atoms with Gasteiger partial charge in [-0.15, -0.1) is 0 Å². The molecule has 0 bridgehead atoms. The summed E-state index contributed by atoms with van der Waals surface area (Å²) in [5.41, 5.74) is 0.397. The van der Waals surface area contributed by atoms with Gasteiger partial charge in [0, 0.05) is 13.1 Å². The van der Waals surface area contributed by atoms with E-state index in [0.29, 0.717) is 31.6 Å². The van der Waals surface area contributed by atoms with E-state index < -0.39 is 12.7 Å². The molecule has 1 aromatic carbocycles. The summed E-state index contributed by atoms with van der Waals surface area (Å²) in [6.45, 7) is -1.27. The Balaban J connectivity index is 1.34. The SMILES string of the molecule is O=C([O-])c1c(OC2CN(Cc3ncn[nH]3)C2)ccc2c1O[B-](O)(O)[C@H]1C[C@@H]21. The van der Waals surface area contributed by atoms with Gasteiger partial charge in [0.05, 0.1) is 23.8 Å². The minimum Gasteiger partial charge on any atom is -0.669 e. The standard InChI is InChI=1S/C16H18BN4O6/c22-16(23)14-12(26-8-4-21(5-8)6-13-18-7-19-20-13)2-1-9-10-3-11(10)17(24,25)27-15(9)14/h1-2,7-8,10-11,24-25H,3-6H2,(H,22,23)(H,18,19,20)/q-1/p-1/t10-,11-/m0/s1. The topological polar surface area (TPSA) is 144 Å². The second-order valence-corrected chi connectivity index (χ2v) is 7.40. The molecule has 2 fully saturated rings. The molecule has 27 heavy (non-hydrogen) atoms. The number of aromatic nitrogens is 3. The maximum Gasteiger partial charge on any atom is 0.434 e. The lowest BCUT2D eigenvalue weighted by Gasteiger charge is -2.40. The summed E-state index contributed by atoms with van der Waals surface area (Å²) in [6.07, 6.45) is 1.81. The van der Waals surface area contributed by atoms with E-state index in [1.807, 2.05) is 0 Å². The van der Waals surface area contributed by atoms with Crippen molar-refractivity contribution < 1.29 is 29.3 Å². The van der Waals surface area contributed by atoms with Crippen molar-refractivity contribution in [3.8, 4) is 11.5 Å². The molecule has 1 saturated carbocycles. The molecule has 0 amide bonds. The van der Waals surface area contributed by atoms with Crippen molar-refractivity contribution in [1.82, 2.24) is 20.1 Å². The molecule has 0 spiro atoms. The van der Waals surface area contributed by atoms with Crippen LogP contribution >= 0.6 is 0 Å². The third-order valence-corrected chi connectivity index (χ3v) is 5.50. The van der Waals surface area contributed by atoms with Crippen LogP contribution < -0.4 is 14.5 Å². The van der Waals surface area contributed by atoms with Gasteiger partial charge in [-0.1, -0.05) is 18.3 Å². The minimum absolute atomic E-state index is 0.0471. The first-order chi connectivity index (χ1) is 12.9. The lowest BCUT2D eigenvalue weighted by molar-refractivity contribution is -0.255. The maximum absolute atomic E-state index is 11.7. The fraction of sp³-hybridized carbons (Fsp3) is 0.438. The highest BCUT2D eigenvalue weighted by Crippen LogP contribution is 2.63. The lowest BCUT2D eigenvalue weighted by Crippen LogP contribution is -2.53. The molecular formula is C16H17BN4O6-2. The number of hydrogen-bond donors (Lipinski definition) is 3. The molecule has 2 aromatic rings. The van der Waals surface area contributed by atoms with Crippen LogP contribution in [-0.4, -0.2) is 62.0 Å². The zero-order chi connectivity index (χ0) is 18.8. The molecule has 3 aliphatic rings. The van der Waals surface area contributed by atoms with E-state index in [4.69, 9.17) is 9.39 Å². The number of carbonyl (C=O) groups excluding carboxylic acids is 1. The number of aromatic amines is 1. The van der Waals surface area contributed by atoms with Gasteiger partial charge in [0.2, 0.25) is 0 Å². The van der Waals surface area contributed by atoms with Crippen LogP contribution in [0.3, 0.4) is 0 Å². The Hall–Kier alpha value is -2.63. The van der Waals surface area contributed by atoms with Crippen molar-refractivity contribution in [3.63, 3.8) is 0 Å². The van der Waals surface area contributed by atoms with Crippen molar-refractivity contribution >= 4 is 12.7 Å². The van der Waals surface area contributed by atoms with E-state index in [1.54, 1.807) is 12.1 Å². The zero-order valence-corrected chi connectivity index (χ0v) is 14.2. The molecule has 2 atom stereocenters. The summed E-state index contributed by atoms with van der Waals surface area (Å²) < 4.78 is 11.1. The van der Waals surface area contributed by atoms with Crippen LogP contribution in [0.5, 0.6) is 11.5 Å². The predicted molar refractivity (Wildman–Crippen MR) is 88.8 cm³/mol. The normalized spacial score (nSPS) is 25.7. The highest BCUT2D eigenvalue weighted by atomic mass is 16.6. The number of carbonyl (C=O) groups is 1. The largest absolute Gasteiger partial charge is 0.669 e. The van der Waals surface area contributed by atoms with Crippen molar-refractivity contribution in [2.45, 2.75) is 30.8 Å². The quantitative estimate of drug-likeness (QED) is 0.540. The third-order valence-electron chi connectivity index (χ3n) is 5.50. The van der Waals surface area contributed by atoms with Crippen molar-refractivity contribution in [1.29, 1.82) is 0 Å². The van der Waals surface area contributed by atoms with Crippen LogP contribution in [-0.2, 0) is 6.54 Å². The van der Waals surface area contributed by atoms with Gasteiger partial charge in [-0.25, -0.2) is 4.98 Å². The fourth-order valence-electron chi connectivity index (χ4n) is 4.03. The first-order valence-electron chi connectivity index (χ1n) is 8.82. The van der Waals surface area contributed by atoms with E-state index in [1.165, 1.54) is 6.33 Å². The average molecular weight is 372 g/mol. The predicted octanol–water partition coefficient (Wildman–Crippen LogP) is -1.40. The summed E-state index contributed by atoms with van der Waals surface area (Å²) in [5, 5.41) is 38.4. The fourth-order valence-corrected chi connectivity index (χ4v) is 4.03.